The van der Waals surface area contributed by atoms with Gasteiger partial charge in [0.25, 0.3) is 0 Å². The molecule has 1 rings (SSSR count). The molecule has 1 fully saturated rings. The minimum absolute atomic E-state index is 0.461. The average molecular weight is 268 g/mol. The van der Waals surface area contributed by atoms with Gasteiger partial charge in [-0.1, -0.05) is 47.5 Å². The predicted molar refractivity (Wildman–Crippen MR) is 85.6 cm³/mol. The predicted octanol–water partition coefficient (Wildman–Crippen LogP) is 3.91. The zero-order chi connectivity index (χ0) is 14.3. The Kier molecular flexibility index (Phi) is 7.38. The number of nitrogens with zero attached hydrogens (tertiary/aromatic N) is 1. The van der Waals surface area contributed by atoms with Crippen molar-refractivity contribution < 1.29 is 0 Å². The molecule has 0 heterocycles. The Morgan fingerprint density at radius 2 is 1.95 bits per heavy atom. The van der Waals surface area contributed by atoms with Gasteiger partial charge in [0.2, 0.25) is 0 Å². The van der Waals surface area contributed by atoms with Crippen LogP contribution in [0.2, 0.25) is 0 Å². The molecule has 0 saturated heterocycles. The molecule has 0 aromatic heterocycles. The van der Waals surface area contributed by atoms with Crippen LogP contribution in [0.15, 0.2) is 0 Å². The molecule has 1 aliphatic carbocycles. The van der Waals surface area contributed by atoms with Crippen LogP contribution in [-0.2, 0) is 0 Å². The highest BCUT2D eigenvalue weighted by molar-refractivity contribution is 4.94. The third kappa shape index (κ3) is 5.07. The van der Waals surface area contributed by atoms with Crippen LogP contribution in [-0.4, -0.2) is 37.1 Å². The lowest BCUT2D eigenvalue weighted by molar-refractivity contribution is 0.0807. The monoisotopic (exact) mass is 268 g/mol. The Morgan fingerprint density at radius 1 is 1.21 bits per heavy atom. The zero-order valence-corrected chi connectivity index (χ0v) is 14.0. The van der Waals surface area contributed by atoms with Crippen LogP contribution in [0.5, 0.6) is 0 Å². The van der Waals surface area contributed by atoms with E-state index in [-0.39, 0.29) is 0 Å². The van der Waals surface area contributed by atoms with Gasteiger partial charge in [0.05, 0.1) is 0 Å². The summed E-state index contributed by atoms with van der Waals surface area (Å²) in [7, 11) is 0. The molecular weight excluding hydrogens is 232 g/mol. The lowest BCUT2D eigenvalue weighted by Gasteiger charge is -2.46. The van der Waals surface area contributed by atoms with Gasteiger partial charge in [0, 0.05) is 12.6 Å². The number of hydrogen-bond acceptors (Lipinski definition) is 2. The fraction of sp³-hybridized carbons (Fsp3) is 1.00. The van der Waals surface area contributed by atoms with Crippen molar-refractivity contribution in [3.05, 3.63) is 0 Å². The van der Waals surface area contributed by atoms with E-state index < -0.39 is 0 Å². The second kappa shape index (κ2) is 8.26. The van der Waals surface area contributed by atoms with E-state index >= 15 is 0 Å². The maximum atomic E-state index is 3.78. The first-order valence-corrected chi connectivity index (χ1v) is 8.50. The Hall–Kier alpha value is -0.0800. The first kappa shape index (κ1) is 17.0. The Morgan fingerprint density at radius 3 is 2.53 bits per heavy atom. The summed E-state index contributed by atoms with van der Waals surface area (Å²) in [5.74, 6) is 0.834. The van der Waals surface area contributed by atoms with Crippen LogP contribution in [0, 0.1) is 11.3 Å². The van der Waals surface area contributed by atoms with Crippen molar-refractivity contribution in [3.63, 3.8) is 0 Å². The molecule has 0 spiro atoms. The molecule has 1 saturated carbocycles. The smallest absolute Gasteiger partial charge is 0.0159 e. The topological polar surface area (TPSA) is 15.3 Å². The van der Waals surface area contributed by atoms with Gasteiger partial charge in [-0.25, -0.2) is 0 Å². The van der Waals surface area contributed by atoms with Gasteiger partial charge in [-0.2, -0.15) is 0 Å². The fourth-order valence-electron chi connectivity index (χ4n) is 3.73. The zero-order valence-electron chi connectivity index (χ0n) is 14.0. The van der Waals surface area contributed by atoms with Crippen molar-refractivity contribution >= 4 is 0 Å². The minimum atomic E-state index is 0.461. The third-order valence-electron chi connectivity index (χ3n) is 4.90. The van der Waals surface area contributed by atoms with Gasteiger partial charge >= 0.3 is 0 Å². The van der Waals surface area contributed by atoms with Crippen LogP contribution in [0.4, 0.5) is 0 Å². The van der Waals surface area contributed by atoms with Crippen LogP contribution in [0.25, 0.3) is 0 Å². The van der Waals surface area contributed by atoms with E-state index in [1.165, 1.54) is 51.7 Å². The van der Waals surface area contributed by atoms with E-state index in [0.717, 1.165) is 12.5 Å². The Bertz CT molecular complexity index is 237. The Labute approximate surface area is 121 Å². The second-order valence-electron chi connectivity index (χ2n) is 6.92. The maximum absolute atomic E-state index is 3.78. The summed E-state index contributed by atoms with van der Waals surface area (Å²) in [4.78, 5) is 2.67. The highest BCUT2D eigenvalue weighted by Crippen LogP contribution is 2.39. The van der Waals surface area contributed by atoms with E-state index in [4.69, 9.17) is 0 Å². The molecule has 2 nitrogen and oxygen atoms in total. The number of hydrogen-bond donors (Lipinski definition) is 1. The summed E-state index contributed by atoms with van der Waals surface area (Å²) in [6.07, 6.45) is 6.84. The van der Waals surface area contributed by atoms with E-state index in [1.54, 1.807) is 0 Å². The summed E-state index contributed by atoms with van der Waals surface area (Å²) in [5, 5.41) is 3.78. The lowest BCUT2D eigenvalue weighted by atomic mass is 9.67. The first-order valence-electron chi connectivity index (χ1n) is 8.50. The molecule has 0 bridgehead atoms. The van der Waals surface area contributed by atoms with Gasteiger partial charge in [0.1, 0.15) is 0 Å². The van der Waals surface area contributed by atoms with Crippen molar-refractivity contribution in [1.82, 2.24) is 10.2 Å². The first-order chi connectivity index (χ1) is 9.05. The summed E-state index contributed by atoms with van der Waals surface area (Å²) >= 11 is 0. The van der Waals surface area contributed by atoms with Gasteiger partial charge < -0.3 is 10.2 Å². The van der Waals surface area contributed by atoms with Crippen molar-refractivity contribution in [3.8, 4) is 0 Å². The minimum Gasteiger partial charge on any atom is -0.313 e. The van der Waals surface area contributed by atoms with Gasteiger partial charge in [-0.05, 0) is 50.2 Å². The quantitative estimate of drug-likeness (QED) is 0.718. The largest absolute Gasteiger partial charge is 0.313 e. The molecule has 19 heavy (non-hydrogen) atoms. The number of unbranched alkanes of at least 4 members (excludes halogenated alkanes) is 1. The lowest BCUT2D eigenvalue weighted by Crippen LogP contribution is -2.52. The van der Waals surface area contributed by atoms with Crippen LogP contribution >= 0.6 is 0 Å². The normalized spacial score (nSPS) is 26.8. The van der Waals surface area contributed by atoms with Crippen molar-refractivity contribution in [2.45, 2.75) is 72.8 Å². The van der Waals surface area contributed by atoms with Crippen molar-refractivity contribution in [2.75, 3.05) is 26.2 Å². The van der Waals surface area contributed by atoms with E-state index in [9.17, 15) is 0 Å². The van der Waals surface area contributed by atoms with E-state index in [2.05, 4.69) is 44.8 Å². The van der Waals surface area contributed by atoms with Gasteiger partial charge in [0.15, 0.2) is 0 Å². The van der Waals surface area contributed by atoms with Gasteiger partial charge in [-0.15, -0.1) is 0 Å². The molecule has 2 unspecified atom stereocenters. The number of nitrogens with one attached hydrogen (secondary N) is 1. The van der Waals surface area contributed by atoms with E-state index in [1.807, 2.05) is 0 Å². The fourth-order valence-corrected chi connectivity index (χ4v) is 3.73. The summed E-state index contributed by atoms with van der Waals surface area (Å²) in [6, 6.07) is 0.696. The molecule has 0 radical (unpaired) electrons. The summed E-state index contributed by atoms with van der Waals surface area (Å²) in [6.45, 7) is 16.6. The van der Waals surface area contributed by atoms with E-state index in [0.29, 0.717) is 11.5 Å². The molecular formula is C17H36N2. The van der Waals surface area contributed by atoms with Gasteiger partial charge in [-0.3, -0.25) is 0 Å². The van der Waals surface area contributed by atoms with Crippen molar-refractivity contribution in [1.29, 1.82) is 0 Å². The molecule has 0 aromatic rings. The molecule has 2 heteroatoms. The maximum Gasteiger partial charge on any atom is 0.0159 e. The highest BCUT2D eigenvalue weighted by atomic mass is 15.1. The Balaban J connectivity index is 2.61. The van der Waals surface area contributed by atoms with Crippen molar-refractivity contribution in [2.24, 2.45) is 11.3 Å². The third-order valence-corrected chi connectivity index (χ3v) is 4.90. The summed E-state index contributed by atoms with van der Waals surface area (Å²) in [5.41, 5.74) is 0.461. The molecule has 2 atom stereocenters. The number of rotatable bonds is 8. The highest BCUT2D eigenvalue weighted by Gasteiger charge is 2.38. The standard InChI is InChI=1S/C17H36N2/c1-6-9-13-19(8-3)14-15-11-10-12-17(4,5)16(15)18-7-2/h15-16,18H,6-14H2,1-5H3. The molecule has 1 N–H and O–H groups in total. The van der Waals surface area contributed by atoms with Crippen LogP contribution in [0.3, 0.4) is 0 Å². The molecule has 1 aliphatic rings. The molecule has 114 valence electrons. The SMILES string of the molecule is CCCCN(CC)CC1CCCC(C)(C)C1NCC. The van der Waals surface area contributed by atoms with Crippen LogP contribution < -0.4 is 5.32 Å². The summed E-state index contributed by atoms with van der Waals surface area (Å²) < 4.78 is 0. The molecule has 0 aromatic carbocycles. The molecule has 0 amide bonds. The average Bonchev–Trinajstić information content (AvgIpc) is 2.38. The van der Waals surface area contributed by atoms with Crippen LogP contribution in [0.1, 0.15) is 66.7 Å². The second-order valence-corrected chi connectivity index (χ2v) is 6.92. The molecule has 0 aliphatic heterocycles.